The second kappa shape index (κ2) is 8.46. The van der Waals surface area contributed by atoms with Gasteiger partial charge in [0.15, 0.2) is 0 Å². The van der Waals surface area contributed by atoms with Gasteiger partial charge >= 0.3 is 12.4 Å². The Labute approximate surface area is 188 Å². The number of alkyl halides is 6. The molecular weight excluding hydrogens is 502 g/mol. The third kappa shape index (κ3) is 4.81. The van der Waals surface area contributed by atoms with Crippen molar-refractivity contribution in [2.24, 2.45) is 0 Å². The van der Waals surface area contributed by atoms with Crippen molar-refractivity contribution in [3.8, 4) is 0 Å². The van der Waals surface area contributed by atoms with E-state index in [0.717, 1.165) is 12.1 Å². The molecule has 1 unspecified atom stereocenters. The first-order chi connectivity index (χ1) is 15.1. The van der Waals surface area contributed by atoms with Crippen LogP contribution in [0.2, 0.25) is 0 Å². The minimum atomic E-state index is -6.03. The molecule has 2 aromatic rings. The van der Waals surface area contributed by atoms with Crippen LogP contribution in [0.15, 0.2) is 47.4 Å². The summed E-state index contributed by atoms with van der Waals surface area (Å²) in [6.45, 7) is 0.292. The molecule has 0 aromatic heterocycles. The van der Waals surface area contributed by atoms with Crippen LogP contribution in [0.5, 0.6) is 0 Å². The minimum absolute atomic E-state index is 0.121. The summed E-state index contributed by atoms with van der Waals surface area (Å²) in [4.78, 5) is 12.5. The Bertz CT molecular complexity index is 1150. The Kier molecular flexibility index (Phi) is 6.48. The Morgan fingerprint density at radius 1 is 1.03 bits per heavy atom. The number of hydrogen-bond donors (Lipinski definition) is 3. The molecule has 1 aliphatic heterocycles. The summed E-state index contributed by atoms with van der Waals surface area (Å²) in [5.74, 6) is -0.688. The molecule has 3 N–H and O–H groups in total. The first-order valence-corrected chi connectivity index (χ1v) is 11.4. The van der Waals surface area contributed by atoms with E-state index in [2.05, 4.69) is 10.6 Å². The molecule has 0 aliphatic carbocycles. The molecule has 180 valence electrons. The van der Waals surface area contributed by atoms with Gasteiger partial charge < -0.3 is 15.7 Å². The van der Waals surface area contributed by atoms with Crippen molar-refractivity contribution < 1.29 is 44.7 Å². The van der Waals surface area contributed by atoms with Gasteiger partial charge in [-0.3, -0.25) is 4.79 Å². The van der Waals surface area contributed by atoms with Crippen molar-refractivity contribution in [2.45, 2.75) is 35.3 Å². The third-order valence-corrected chi connectivity index (χ3v) is 6.45. The fraction of sp³-hybridized carbons (Fsp3) is 0.316. The zero-order valence-corrected chi connectivity index (χ0v) is 17.8. The van der Waals surface area contributed by atoms with E-state index >= 15 is 0 Å². The van der Waals surface area contributed by atoms with Crippen LogP contribution < -0.4 is 10.6 Å². The van der Waals surface area contributed by atoms with E-state index in [1.807, 2.05) is 0 Å². The average Bonchev–Trinajstić information content (AvgIpc) is 2.70. The summed E-state index contributed by atoms with van der Waals surface area (Å²) in [5.41, 5.74) is -5.69. The molecule has 1 heterocycles. The SMILES string of the molecule is O=C(Nc1ccc(C(O)(C(F)(F)F)C(F)(F)F)cc1)C1NCCc2cc(S(=O)(=O)Cl)ccc21. The van der Waals surface area contributed by atoms with Crippen LogP contribution in [0.1, 0.15) is 22.7 Å². The van der Waals surface area contributed by atoms with Gasteiger partial charge in [-0.2, -0.15) is 26.3 Å². The lowest BCUT2D eigenvalue weighted by molar-refractivity contribution is -0.376. The summed E-state index contributed by atoms with van der Waals surface area (Å²) in [7, 11) is 1.34. The van der Waals surface area contributed by atoms with Crippen LogP contribution in [-0.4, -0.2) is 38.3 Å². The molecule has 0 fully saturated rings. The van der Waals surface area contributed by atoms with Crippen molar-refractivity contribution >= 4 is 31.3 Å². The summed E-state index contributed by atoms with van der Waals surface area (Å²) < 4.78 is 101. The maximum Gasteiger partial charge on any atom is 0.430 e. The number of benzene rings is 2. The van der Waals surface area contributed by atoms with Gasteiger partial charge in [-0.25, -0.2) is 8.42 Å². The van der Waals surface area contributed by atoms with Gasteiger partial charge in [0, 0.05) is 28.5 Å². The van der Waals surface area contributed by atoms with Crippen LogP contribution in [0.4, 0.5) is 32.0 Å². The first-order valence-electron chi connectivity index (χ1n) is 9.14. The Hall–Kier alpha value is -2.35. The van der Waals surface area contributed by atoms with E-state index in [9.17, 15) is 44.7 Å². The normalized spacial score (nSPS) is 17.4. The molecule has 14 heteroatoms. The topological polar surface area (TPSA) is 95.5 Å². The van der Waals surface area contributed by atoms with E-state index in [1.54, 1.807) is 0 Å². The summed E-state index contributed by atoms with van der Waals surface area (Å²) in [6.07, 6.45) is -11.7. The number of fused-ring (bicyclic) bond motifs is 1. The predicted molar refractivity (Wildman–Crippen MR) is 105 cm³/mol. The lowest BCUT2D eigenvalue weighted by atomic mass is 9.92. The van der Waals surface area contributed by atoms with E-state index in [-0.39, 0.29) is 10.6 Å². The Morgan fingerprint density at radius 2 is 1.61 bits per heavy atom. The van der Waals surface area contributed by atoms with Crippen molar-refractivity contribution in [3.05, 3.63) is 59.2 Å². The zero-order valence-electron chi connectivity index (χ0n) is 16.3. The van der Waals surface area contributed by atoms with Gasteiger partial charge in [-0.05, 0) is 41.8 Å². The van der Waals surface area contributed by atoms with Gasteiger partial charge in [0.2, 0.25) is 5.91 Å². The highest BCUT2D eigenvalue weighted by Crippen LogP contribution is 2.50. The van der Waals surface area contributed by atoms with Crippen molar-refractivity contribution in [2.75, 3.05) is 11.9 Å². The van der Waals surface area contributed by atoms with Crippen LogP contribution in [0.3, 0.4) is 0 Å². The number of aliphatic hydroxyl groups is 1. The van der Waals surface area contributed by atoms with Crippen LogP contribution in [0, 0.1) is 0 Å². The minimum Gasteiger partial charge on any atom is -0.369 e. The number of halogens is 7. The molecule has 33 heavy (non-hydrogen) atoms. The molecule has 0 radical (unpaired) electrons. The highest BCUT2D eigenvalue weighted by molar-refractivity contribution is 8.13. The standard InChI is InChI=1S/C19H15ClF6N2O4S/c20-33(31,32)13-5-6-14-10(9-13)7-8-27-15(14)16(29)28-12-3-1-11(2-4-12)17(30,18(21,22)23)19(24,25)26/h1-6,9,15,27,30H,7-8H2,(H,28,29). The zero-order chi connectivity index (χ0) is 24.8. The maximum atomic E-state index is 13.0. The third-order valence-electron chi connectivity index (χ3n) is 5.10. The first kappa shape index (κ1) is 25.3. The van der Waals surface area contributed by atoms with Gasteiger partial charge in [0.25, 0.3) is 14.7 Å². The van der Waals surface area contributed by atoms with Crippen molar-refractivity contribution in [1.29, 1.82) is 0 Å². The summed E-state index contributed by atoms with van der Waals surface area (Å²) >= 11 is 0. The molecule has 1 aliphatic rings. The molecule has 6 nitrogen and oxygen atoms in total. The van der Waals surface area contributed by atoms with Crippen molar-refractivity contribution in [3.63, 3.8) is 0 Å². The summed E-state index contributed by atoms with van der Waals surface area (Å²) in [5, 5.41) is 14.7. The van der Waals surface area contributed by atoms with E-state index in [1.165, 1.54) is 18.2 Å². The van der Waals surface area contributed by atoms with Crippen LogP contribution >= 0.6 is 10.7 Å². The maximum absolute atomic E-state index is 13.0. The molecule has 0 bridgehead atoms. The molecule has 0 saturated carbocycles. The number of nitrogens with one attached hydrogen (secondary N) is 2. The fourth-order valence-corrected chi connectivity index (χ4v) is 4.23. The Balaban J connectivity index is 1.84. The quantitative estimate of drug-likeness (QED) is 0.425. The lowest BCUT2D eigenvalue weighted by Crippen LogP contribution is -2.53. The van der Waals surface area contributed by atoms with E-state index in [4.69, 9.17) is 10.7 Å². The fourth-order valence-electron chi connectivity index (χ4n) is 3.42. The van der Waals surface area contributed by atoms with E-state index in [0.29, 0.717) is 36.2 Å². The Morgan fingerprint density at radius 3 is 2.12 bits per heavy atom. The smallest absolute Gasteiger partial charge is 0.369 e. The highest BCUT2D eigenvalue weighted by atomic mass is 35.7. The molecule has 3 rings (SSSR count). The number of hydrogen-bond acceptors (Lipinski definition) is 5. The second-order valence-electron chi connectivity index (χ2n) is 7.21. The predicted octanol–water partition coefficient (Wildman–Crippen LogP) is 3.75. The summed E-state index contributed by atoms with van der Waals surface area (Å²) in [6, 6.07) is 5.36. The molecule has 1 atom stereocenters. The van der Waals surface area contributed by atoms with Gasteiger partial charge in [0.1, 0.15) is 6.04 Å². The number of carbonyl (C=O) groups excluding carboxylic acids is 1. The number of carbonyl (C=O) groups is 1. The second-order valence-corrected chi connectivity index (χ2v) is 9.77. The van der Waals surface area contributed by atoms with Crippen molar-refractivity contribution in [1.82, 2.24) is 5.32 Å². The van der Waals surface area contributed by atoms with Crippen LogP contribution in [-0.2, 0) is 25.9 Å². The molecular formula is C19H15ClF6N2O4S. The number of rotatable bonds is 4. The van der Waals surface area contributed by atoms with Crippen LogP contribution in [0.25, 0.3) is 0 Å². The molecule has 2 aromatic carbocycles. The number of anilines is 1. The molecule has 0 saturated heterocycles. The average molecular weight is 517 g/mol. The van der Waals surface area contributed by atoms with E-state index < -0.39 is 44.5 Å². The van der Waals surface area contributed by atoms with Gasteiger partial charge in [-0.15, -0.1) is 0 Å². The lowest BCUT2D eigenvalue weighted by Gasteiger charge is -2.32. The molecule has 0 spiro atoms. The monoisotopic (exact) mass is 516 g/mol. The number of amides is 1. The van der Waals surface area contributed by atoms with Gasteiger partial charge in [0.05, 0.1) is 4.90 Å². The highest BCUT2D eigenvalue weighted by Gasteiger charge is 2.71. The largest absolute Gasteiger partial charge is 0.430 e. The molecule has 1 amide bonds. The van der Waals surface area contributed by atoms with Gasteiger partial charge in [-0.1, -0.05) is 18.2 Å².